The Kier molecular flexibility index (Phi) is 5.06. The van der Waals surface area contributed by atoms with Crippen LogP contribution in [0.4, 0.5) is 0 Å². The lowest BCUT2D eigenvalue weighted by atomic mass is 10.2. The number of carbonyl (C=O) groups excluding carboxylic acids is 1. The monoisotopic (exact) mass is 317 g/mol. The Labute approximate surface area is 123 Å². The zero-order valence-corrected chi connectivity index (χ0v) is 12.4. The summed E-state index contributed by atoms with van der Waals surface area (Å²) in [6, 6.07) is 10.0. The number of nitrogens with zero attached hydrogens (tertiary/aromatic N) is 1. The third-order valence-electron chi connectivity index (χ3n) is 2.20. The number of rotatable bonds is 5. The molecule has 0 aliphatic rings. The highest BCUT2D eigenvalue weighted by Crippen LogP contribution is 2.29. The van der Waals surface area contributed by atoms with Crippen LogP contribution in [0.15, 0.2) is 30.3 Å². The van der Waals surface area contributed by atoms with Crippen LogP contribution in [-0.2, 0) is 5.75 Å². The standard InChI is InChI=1S/C12H9Cl2NOS2/c13-10-11(18-15-12(10)14)9(16)7-17-6-8-4-2-1-3-5-8/h1-5H,6-7H2. The number of carbonyl (C=O) groups is 1. The zero-order valence-electron chi connectivity index (χ0n) is 9.23. The van der Waals surface area contributed by atoms with E-state index >= 15 is 0 Å². The van der Waals surface area contributed by atoms with E-state index in [1.54, 1.807) is 11.8 Å². The first-order valence-electron chi connectivity index (χ1n) is 5.14. The van der Waals surface area contributed by atoms with Gasteiger partial charge in [-0.2, -0.15) is 4.37 Å². The van der Waals surface area contributed by atoms with E-state index in [1.807, 2.05) is 30.3 Å². The first-order chi connectivity index (χ1) is 8.68. The summed E-state index contributed by atoms with van der Waals surface area (Å²) in [5.74, 6) is 1.16. The Hall–Kier alpha value is -0.550. The Morgan fingerprint density at radius 2 is 2.00 bits per heavy atom. The molecule has 2 rings (SSSR count). The van der Waals surface area contributed by atoms with Crippen molar-refractivity contribution < 1.29 is 4.79 Å². The van der Waals surface area contributed by atoms with Gasteiger partial charge in [0.05, 0.1) is 5.75 Å². The third kappa shape index (κ3) is 3.48. The second-order valence-corrected chi connectivity index (χ2v) is 6.01. The van der Waals surface area contributed by atoms with Gasteiger partial charge in [0.1, 0.15) is 9.90 Å². The van der Waals surface area contributed by atoms with Gasteiger partial charge in [-0.15, -0.1) is 11.8 Å². The molecule has 94 valence electrons. The maximum atomic E-state index is 11.9. The highest BCUT2D eigenvalue weighted by molar-refractivity contribution is 7.99. The van der Waals surface area contributed by atoms with E-state index in [0.29, 0.717) is 10.6 Å². The van der Waals surface area contributed by atoms with Crippen molar-refractivity contribution in [2.75, 3.05) is 5.75 Å². The zero-order chi connectivity index (χ0) is 13.0. The van der Waals surface area contributed by atoms with Crippen molar-refractivity contribution in [3.05, 3.63) is 50.9 Å². The lowest BCUT2D eigenvalue weighted by Gasteiger charge is -2.00. The van der Waals surface area contributed by atoms with Gasteiger partial charge in [-0.1, -0.05) is 53.5 Å². The van der Waals surface area contributed by atoms with Gasteiger partial charge < -0.3 is 0 Å². The fraction of sp³-hybridized carbons (Fsp3) is 0.167. The molecule has 0 aliphatic heterocycles. The minimum absolute atomic E-state index is 0.0228. The topological polar surface area (TPSA) is 30.0 Å². The van der Waals surface area contributed by atoms with Crippen molar-refractivity contribution in [2.45, 2.75) is 5.75 Å². The summed E-state index contributed by atoms with van der Waals surface area (Å²) < 4.78 is 3.85. The largest absolute Gasteiger partial charge is 0.292 e. The Balaban J connectivity index is 1.88. The van der Waals surface area contributed by atoms with E-state index in [1.165, 1.54) is 5.56 Å². The highest BCUT2D eigenvalue weighted by atomic mass is 35.5. The number of hydrogen-bond donors (Lipinski definition) is 0. The van der Waals surface area contributed by atoms with Gasteiger partial charge in [-0.3, -0.25) is 4.79 Å². The van der Waals surface area contributed by atoms with Crippen LogP contribution in [0, 0.1) is 0 Å². The molecule has 0 aliphatic carbocycles. The molecule has 0 amide bonds. The van der Waals surface area contributed by atoms with Gasteiger partial charge in [0.15, 0.2) is 10.9 Å². The van der Waals surface area contributed by atoms with Crippen LogP contribution in [0.3, 0.4) is 0 Å². The number of thioether (sulfide) groups is 1. The molecule has 0 radical (unpaired) electrons. The van der Waals surface area contributed by atoms with Crippen molar-refractivity contribution in [1.82, 2.24) is 4.37 Å². The Morgan fingerprint density at radius 1 is 1.28 bits per heavy atom. The normalized spacial score (nSPS) is 10.6. The number of ketones is 1. The minimum atomic E-state index is -0.0228. The summed E-state index contributed by atoms with van der Waals surface area (Å²) in [7, 11) is 0. The first-order valence-corrected chi connectivity index (χ1v) is 7.82. The van der Waals surface area contributed by atoms with Gasteiger partial charge in [0.2, 0.25) is 0 Å². The quantitative estimate of drug-likeness (QED) is 0.757. The molecule has 6 heteroatoms. The van der Waals surface area contributed by atoms with Crippen LogP contribution in [0.25, 0.3) is 0 Å². The van der Waals surface area contributed by atoms with Crippen molar-refractivity contribution in [3.8, 4) is 0 Å². The number of benzene rings is 1. The molecule has 1 heterocycles. The molecule has 0 bridgehead atoms. The number of halogens is 2. The molecule has 2 nitrogen and oxygen atoms in total. The van der Waals surface area contributed by atoms with Crippen LogP contribution in [0.5, 0.6) is 0 Å². The van der Waals surface area contributed by atoms with Crippen molar-refractivity contribution >= 4 is 52.3 Å². The summed E-state index contributed by atoms with van der Waals surface area (Å²) in [5.41, 5.74) is 1.20. The molecule has 0 atom stereocenters. The highest BCUT2D eigenvalue weighted by Gasteiger charge is 2.16. The third-order valence-corrected chi connectivity index (χ3v) is 5.04. The van der Waals surface area contributed by atoms with Gasteiger partial charge in [0, 0.05) is 5.75 Å². The molecule has 0 N–H and O–H groups in total. The fourth-order valence-corrected chi connectivity index (χ4v) is 3.45. The molecular weight excluding hydrogens is 309 g/mol. The second-order valence-electron chi connectivity index (χ2n) is 3.52. The van der Waals surface area contributed by atoms with Crippen molar-refractivity contribution in [2.24, 2.45) is 0 Å². The molecule has 0 unspecified atom stereocenters. The second kappa shape index (κ2) is 6.57. The molecule has 1 aromatic heterocycles. The van der Waals surface area contributed by atoms with Gasteiger partial charge in [-0.05, 0) is 17.1 Å². The summed E-state index contributed by atoms with van der Waals surface area (Å²) in [4.78, 5) is 12.3. The van der Waals surface area contributed by atoms with E-state index in [9.17, 15) is 4.79 Å². The predicted octanol–water partition coefficient (Wildman–Crippen LogP) is 4.57. The van der Waals surface area contributed by atoms with E-state index in [-0.39, 0.29) is 16.0 Å². The van der Waals surface area contributed by atoms with E-state index < -0.39 is 0 Å². The van der Waals surface area contributed by atoms with Gasteiger partial charge in [-0.25, -0.2) is 0 Å². The SMILES string of the molecule is O=C(CSCc1ccccc1)c1snc(Cl)c1Cl. The van der Waals surface area contributed by atoms with E-state index in [2.05, 4.69) is 4.37 Å². The first kappa shape index (κ1) is 13.9. The molecule has 1 aromatic carbocycles. The van der Waals surface area contributed by atoms with E-state index in [4.69, 9.17) is 23.2 Å². The van der Waals surface area contributed by atoms with Gasteiger partial charge >= 0.3 is 0 Å². The smallest absolute Gasteiger partial charge is 0.185 e. The van der Waals surface area contributed by atoms with E-state index in [0.717, 1.165) is 17.3 Å². The minimum Gasteiger partial charge on any atom is -0.292 e. The lowest BCUT2D eigenvalue weighted by molar-refractivity contribution is 0.102. The summed E-state index contributed by atoms with van der Waals surface area (Å²) >= 11 is 14.2. The van der Waals surface area contributed by atoms with Crippen molar-refractivity contribution in [1.29, 1.82) is 0 Å². The fourth-order valence-electron chi connectivity index (χ4n) is 1.33. The summed E-state index contributed by atoms with van der Waals surface area (Å²) in [6.07, 6.45) is 0. The molecule has 0 spiro atoms. The number of aromatic nitrogens is 1. The average molecular weight is 318 g/mol. The molecule has 2 aromatic rings. The summed E-state index contributed by atoms with van der Waals surface area (Å²) in [5, 5.41) is 0.477. The average Bonchev–Trinajstić information content (AvgIpc) is 2.71. The van der Waals surface area contributed by atoms with Crippen LogP contribution in [0.1, 0.15) is 15.2 Å². The van der Waals surface area contributed by atoms with Crippen LogP contribution in [-0.4, -0.2) is 15.9 Å². The molecular formula is C12H9Cl2NOS2. The molecule has 0 fully saturated rings. The number of hydrogen-bond acceptors (Lipinski definition) is 4. The lowest BCUT2D eigenvalue weighted by Crippen LogP contribution is -2.00. The molecule has 18 heavy (non-hydrogen) atoms. The van der Waals surface area contributed by atoms with Crippen LogP contribution < -0.4 is 0 Å². The maximum Gasteiger partial charge on any atom is 0.185 e. The van der Waals surface area contributed by atoms with Crippen LogP contribution in [0.2, 0.25) is 10.2 Å². The summed E-state index contributed by atoms with van der Waals surface area (Å²) in [6.45, 7) is 0. The Morgan fingerprint density at radius 3 is 2.61 bits per heavy atom. The number of Topliss-reactive ketones (excluding diaryl/α,β-unsaturated/α-hetero) is 1. The maximum absolute atomic E-state index is 11.9. The van der Waals surface area contributed by atoms with Gasteiger partial charge in [0.25, 0.3) is 0 Å². The molecule has 0 saturated carbocycles. The predicted molar refractivity (Wildman–Crippen MR) is 79.1 cm³/mol. The Bertz CT molecular complexity index is 542. The van der Waals surface area contributed by atoms with Crippen molar-refractivity contribution in [3.63, 3.8) is 0 Å². The molecule has 0 saturated heterocycles. The van der Waals surface area contributed by atoms with Crippen LogP contribution >= 0.6 is 46.5 Å².